The molecule has 2 aliphatic heterocycles. The molecule has 0 bridgehead atoms. The van der Waals surface area contributed by atoms with Crippen molar-refractivity contribution in [2.45, 2.75) is 24.3 Å². The van der Waals surface area contributed by atoms with Crippen molar-refractivity contribution in [1.29, 1.82) is 0 Å². The molecule has 4 heteroatoms. The van der Waals surface area contributed by atoms with Crippen LogP contribution in [0.1, 0.15) is 30.0 Å². The third-order valence-electron chi connectivity index (χ3n) is 3.68. The molecule has 22 heavy (non-hydrogen) atoms. The van der Waals surface area contributed by atoms with E-state index >= 15 is 0 Å². The van der Waals surface area contributed by atoms with Crippen molar-refractivity contribution >= 4 is 46.2 Å². The van der Waals surface area contributed by atoms with Crippen LogP contribution in [0.15, 0.2) is 58.4 Å². The maximum atomic E-state index is 2.34. The standard InChI is InChI=1S/C18H16S4/c1-11-3-5-13(19-11)15-7-9-17(21-15)18-10-8-16(22-18)14-6-4-12(2)20-14/h3-10,15-16H,1-2H3/b18-17-. The van der Waals surface area contributed by atoms with Gasteiger partial charge >= 0.3 is 0 Å². The van der Waals surface area contributed by atoms with Crippen molar-refractivity contribution in [3.05, 3.63) is 77.9 Å². The lowest BCUT2D eigenvalue weighted by Gasteiger charge is -2.07. The summed E-state index contributed by atoms with van der Waals surface area (Å²) in [5, 5.41) is 0.997. The Hall–Kier alpha value is -0.680. The molecule has 2 atom stereocenters. The van der Waals surface area contributed by atoms with Crippen LogP contribution in [0.25, 0.3) is 0 Å². The highest BCUT2D eigenvalue weighted by molar-refractivity contribution is 8.07. The Bertz CT molecular complexity index is 721. The molecule has 2 aromatic rings. The van der Waals surface area contributed by atoms with Gasteiger partial charge in [-0.05, 0) is 50.3 Å². The molecule has 0 saturated carbocycles. The normalized spacial score (nSPS) is 27.2. The van der Waals surface area contributed by atoms with E-state index in [1.165, 1.54) is 29.3 Å². The van der Waals surface area contributed by atoms with Crippen molar-refractivity contribution in [3.63, 3.8) is 0 Å². The molecule has 4 heterocycles. The third-order valence-corrected chi connectivity index (χ3v) is 8.82. The molecule has 0 fully saturated rings. The number of hydrogen-bond donors (Lipinski definition) is 0. The van der Waals surface area contributed by atoms with E-state index in [0.29, 0.717) is 10.5 Å². The molecule has 4 rings (SSSR count). The molecule has 112 valence electrons. The smallest absolute Gasteiger partial charge is 0.0622 e. The largest absolute Gasteiger partial charge is 0.144 e. The summed E-state index contributed by atoms with van der Waals surface area (Å²) in [5.41, 5.74) is 0. The summed E-state index contributed by atoms with van der Waals surface area (Å²) in [6, 6.07) is 8.98. The second-order valence-electron chi connectivity index (χ2n) is 5.42. The summed E-state index contributed by atoms with van der Waals surface area (Å²) in [6.07, 6.45) is 9.29. The lowest BCUT2D eigenvalue weighted by molar-refractivity contribution is 1.32. The van der Waals surface area contributed by atoms with Crippen LogP contribution in [0.4, 0.5) is 0 Å². The van der Waals surface area contributed by atoms with Crippen LogP contribution in [-0.2, 0) is 0 Å². The van der Waals surface area contributed by atoms with E-state index in [1.54, 1.807) is 0 Å². The molecule has 0 N–H and O–H groups in total. The Morgan fingerprint density at radius 1 is 0.682 bits per heavy atom. The molecule has 0 aromatic carbocycles. The first kappa shape index (κ1) is 14.9. The highest BCUT2D eigenvalue weighted by Crippen LogP contribution is 2.52. The van der Waals surface area contributed by atoms with Crippen LogP contribution in [0.2, 0.25) is 0 Å². The van der Waals surface area contributed by atoms with E-state index in [4.69, 9.17) is 0 Å². The first-order valence-electron chi connectivity index (χ1n) is 7.26. The predicted octanol–water partition coefficient (Wildman–Crippen LogP) is 7.03. The second-order valence-corrected chi connectivity index (χ2v) is 10.4. The Morgan fingerprint density at radius 3 is 1.50 bits per heavy atom. The molecule has 0 spiro atoms. The summed E-state index contributed by atoms with van der Waals surface area (Å²) in [6.45, 7) is 4.36. The summed E-state index contributed by atoms with van der Waals surface area (Å²) < 4.78 is 0. The lowest BCUT2D eigenvalue weighted by atomic mass is 10.3. The fourth-order valence-electron chi connectivity index (χ4n) is 2.58. The highest BCUT2D eigenvalue weighted by atomic mass is 32.2. The first-order chi connectivity index (χ1) is 10.7. The minimum atomic E-state index is 0.498. The van der Waals surface area contributed by atoms with Gasteiger partial charge in [-0.3, -0.25) is 0 Å². The quantitative estimate of drug-likeness (QED) is 0.564. The number of rotatable bonds is 2. The van der Waals surface area contributed by atoms with E-state index in [0.717, 1.165) is 0 Å². The molecular weight excluding hydrogens is 344 g/mol. The predicted molar refractivity (Wildman–Crippen MR) is 104 cm³/mol. The fourth-order valence-corrected chi connectivity index (χ4v) is 7.06. The van der Waals surface area contributed by atoms with Gasteiger partial charge in [0.05, 0.1) is 10.5 Å². The van der Waals surface area contributed by atoms with E-state index in [1.807, 2.05) is 46.2 Å². The average molecular weight is 361 g/mol. The van der Waals surface area contributed by atoms with Gasteiger partial charge in [-0.25, -0.2) is 0 Å². The Morgan fingerprint density at radius 2 is 1.14 bits per heavy atom. The van der Waals surface area contributed by atoms with Crippen molar-refractivity contribution in [2.24, 2.45) is 0 Å². The van der Waals surface area contributed by atoms with Gasteiger partial charge in [0, 0.05) is 29.3 Å². The average Bonchev–Trinajstić information content (AvgIpc) is 3.24. The summed E-state index contributed by atoms with van der Waals surface area (Å²) in [5.74, 6) is 0. The van der Waals surface area contributed by atoms with Crippen molar-refractivity contribution in [1.82, 2.24) is 0 Å². The summed E-state index contributed by atoms with van der Waals surface area (Å²) >= 11 is 7.80. The molecule has 0 amide bonds. The van der Waals surface area contributed by atoms with E-state index in [2.05, 4.69) is 62.4 Å². The fraction of sp³-hybridized carbons (Fsp3) is 0.222. The topological polar surface area (TPSA) is 0 Å². The summed E-state index contributed by atoms with van der Waals surface area (Å²) in [7, 11) is 0. The van der Waals surface area contributed by atoms with Gasteiger partial charge in [-0.15, -0.1) is 46.2 Å². The van der Waals surface area contributed by atoms with E-state index < -0.39 is 0 Å². The number of thiophene rings is 2. The zero-order valence-corrected chi connectivity index (χ0v) is 15.7. The molecule has 0 aliphatic carbocycles. The molecular formula is C18H16S4. The van der Waals surface area contributed by atoms with Crippen molar-refractivity contribution in [2.75, 3.05) is 0 Å². The van der Waals surface area contributed by atoms with Crippen molar-refractivity contribution in [3.8, 4) is 0 Å². The zero-order chi connectivity index (χ0) is 15.1. The van der Waals surface area contributed by atoms with Gasteiger partial charge in [-0.2, -0.15) is 0 Å². The minimum Gasteiger partial charge on any atom is -0.144 e. The van der Waals surface area contributed by atoms with Crippen LogP contribution < -0.4 is 0 Å². The van der Waals surface area contributed by atoms with Crippen LogP contribution in [0.3, 0.4) is 0 Å². The van der Waals surface area contributed by atoms with Crippen molar-refractivity contribution < 1.29 is 0 Å². The van der Waals surface area contributed by atoms with Gasteiger partial charge in [0.15, 0.2) is 0 Å². The number of aryl methyl sites for hydroxylation is 2. The Balaban J connectivity index is 1.50. The Kier molecular flexibility index (Phi) is 4.11. The minimum absolute atomic E-state index is 0.498. The van der Waals surface area contributed by atoms with E-state index in [-0.39, 0.29) is 0 Å². The third kappa shape index (κ3) is 2.90. The Labute approximate surface area is 148 Å². The SMILES string of the molecule is Cc1ccc(C2C=C/C(=C3\C=CC(c4ccc(C)s4)S3)S2)s1. The van der Waals surface area contributed by atoms with Crippen LogP contribution in [-0.4, -0.2) is 0 Å². The van der Waals surface area contributed by atoms with Crippen LogP contribution in [0, 0.1) is 13.8 Å². The molecule has 2 unspecified atom stereocenters. The second kappa shape index (κ2) is 6.08. The maximum Gasteiger partial charge on any atom is 0.0622 e. The first-order valence-corrected chi connectivity index (χ1v) is 10.6. The van der Waals surface area contributed by atoms with Crippen LogP contribution in [0.5, 0.6) is 0 Å². The van der Waals surface area contributed by atoms with Gasteiger partial charge in [0.25, 0.3) is 0 Å². The molecule has 0 nitrogen and oxygen atoms in total. The lowest BCUT2D eigenvalue weighted by Crippen LogP contribution is -1.81. The number of allylic oxidation sites excluding steroid dienone is 2. The maximum absolute atomic E-state index is 2.34. The number of hydrogen-bond acceptors (Lipinski definition) is 4. The van der Waals surface area contributed by atoms with Gasteiger partial charge < -0.3 is 0 Å². The van der Waals surface area contributed by atoms with Crippen LogP contribution >= 0.6 is 46.2 Å². The highest BCUT2D eigenvalue weighted by Gasteiger charge is 2.24. The molecule has 0 radical (unpaired) electrons. The monoisotopic (exact) mass is 360 g/mol. The van der Waals surface area contributed by atoms with Gasteiger partial charge in [0.1, 0.15) is 0 Å². The van der Waals surface area contributed by atoms with Gasteiger partial charge in [0.2, 0.25) is 0 Å². The van der Waals surface area contributed by atoms with E-state index in [9.17, 15) is 0 Å². The molecule has 2 aliphatic rings. The molecule has 2 aromatic heterocycles. The molecule has 0 saturated heterocycles. The number of thioether (sulfide) groups is 2. The van der Waals surface area contributed by atoms with Gasteiger partial charge in [-0.1, -0.05) is 12.2 Å². The zero-order valence-electron chi connectivity index (χ0n) is 12.4. The summed E-state index contributed by atoms with van der Waals surface area (Å²) in [4.78, 5) is 8.57.